The Hall–Kier alpha value is -0.110. The fourth-order valence-electron chi connectivity index (χ4n) is 0.656. The van der Waals surface area contributed by atoms with Crippen LogP contribution in [0.25, 0.3) is 0 Å². The van der Waals surface area contributed by atoms with Crippen molar-refractivity contribution in [3.8, 4) is 0 Å². The van der Waals surface area contributed by atoms with Crippen LogP contribution in [-0.2, 0) is 4.74 Å². The van der Waals surface area contributed by atoms with Gasteiger partial charge in [-0.3, -0.25) is 0 Å². The van der Waals surface area contributed by atoms with E-state index in [2.05, 4.69) is 0 Å². The molecule has 1 heterocycles. The molecule has 0 aliphatic carbocycles. The van der Waals surface area contributed by atoms with Crippen LogP contribution in [0, 0.1) is 0 Å². The quantitative estimate of drug-likeness (QED) is 0.512. The van der Waals surface area contributed by atoms with E-state index in [9.17, 15) is 4.39 Å². The van der Waals surface area contributed by atoms with Gasteiger partial charge in [0.25, 0.3) is 0 Å². The molecule has 2 unspecified atom stereocenters. The first-order valence-corrected chi connectivity index (χ1v) is 3.08. The molecule has 0 aromatic heterocycles. The Balaban J connectivity index is 1.98. The lowest BCUT2D eigenvalue weighted by Crippen LogP contribution is -2.01. The summed E-state index contributed by atoms with van der Waals surface area (Å²) in [4.78, 5) is 0. The van der Waals surface area contributed by atoms with E-state index in [0.29, 0.717) is 12.8 Å². The molecular formula is C6H11FO. The van der Waals surface area contributed by atoms with Crippen LogP contribution in [0.3, 0.4) is 0 Å². The first-order chi connectivity index (χ1) is 3.83. The van der Waals surface area contributed by atoms with Gasteiger partial charge in [-0.1, -0.05) is 6.92 Å². The molecule has 0 aromatic carbocycles. The minimum atomic E-state index is -0.637. The van der Waals surface area contributed by atoms with Gasteiger partial charge in [0.1, 0.15) is 6.17 Å². The minimum absolute atomic E-state index is 0.255. The molecule has 1 aliphatic rings. The van der Waals surface area contributed by atoms with E-state index in [1.54, 1.807) is 0 Å². The average Bonchev–Trinajstić information content (AvgIpc) is 2.50. The molecule has 1 nitrogen and oxygen atoms in total. The van der Waals surface area contributed by atoms with Gasteiger partial charge < -0.3 is 4.74 Å². The molecule has 1 saturated heterocycles. The molecule has 48 valence electrons. The third-order valence-corrected chi connectivity index (χ3v) is 1.36. The van der Waals surface area contributed by atoms with Crippen LogP contribution in [0.1, 0.15) is 19.8 Å². The molecule has 2 atom stereocenters. The lowest BCUT2D eigenvalue weighted by atomic mass is 10.2. The summed E-state index contributed by atoms with van der Waals surface area (Å²) in [5.41, 5.74) is 0. The van der Waals surface area contributed by atoms with Crippen LogP contribution in [0.15, 0.2) is 0 Å². The molecular weight excluding hydrogens is 107 g/mol. The van der Waals surface area contributed by atoms with E-state index in [1.165, 1.54) is 0 Å². The molecule has 0 spiro atoms. The van der Waals surface area contributed by atoms with Gasteiger partial charge in [0.05, 0.1) is 12.7 Å². The monoisotopic (exact) mass is 118 g/mol. The molecule has 0 amide bonds. The van der Waals surface area contributed by atoms with Crippen molar-refractivity contribution in [3.63, 3.8) is 0 Å². The molecule has 2 heteroatoms. The molecule has 1 fully saturated rings. The van der Waals surface area contributed by atoms with E-state index in [4.69, 9.17) is 4.74 Å². The molecule has 0 bridgehead atoms. The largest absolute Gasteiger partial charge is 0.373 e. The number of hydrogen-bond donors (Lipinski definition) is 0. The summed E-state index contributed by atoms with van der Waals surface area (Å²) in [5.74, 6) is 0. The molecule has 1 aliphatic heterocycles. The molecule has 0 saturated carbocycles. The van der Waals surface area contributed by atoms with Gasteiger partial charge in [-0.25, -0.2) is 4.39 Å². The number of hydrogen-bond acceptors (Lipinski definition) is 1. The summed E-state index contributed by atoms with van der Waals surface area (Å²) >= 11 is 0. The predicted octanol–water partition coefficient (Wildman–Crippen LogP) is 1.52. The van der Waals surface area contributed by atoms with E-state index in [1.807, 2.05) is 6.92 Å². The molecule has 8 heavy (non-hydrogen) atoms. The van der Waals surface area contributed by atoms with Gasteiger partial charge in [-0.15, -0.1) is 0 Å². The smallest absolute Gasteiger partial charge is 0.102 e. The van der Waals surface area contributed by atoms with Crippen molar-refractivity contribution in [3.05, 3.63) is 0 Å². The molecule has 0 radical (unpaired) electrons. The zero-order chi connectivity index (χ0) is 5.98. The van der Waals surface area contributed by atoms with Crippen molar-refractivity contribution in [2.24, 2.45) is 0 Å². The zero-order valence-corrected chi connectivity index (χ0v) is 5.06. The van der Waals surface area contributed by atoms with Gasteiger partial charge in [-0.2, -0.15) is 0 Å². The van der Waals surface area contributed by atoms with Crippen molar-refractivity contribution in [2.75, 3.05) is 6.61 Å². The Bertz CT molecular complexity index is 70.9. The van der Waals surface area contributed by atoms with Crippen LogP contribution >= 0.6 is 0 Å². The SMILES string of the molecule is CCC(F)CC1CO1. The summed E-state index contributed by atoms with van der Waals surface area (Å²) in [6, 6.07) is 0. The summed E-state index contributed by atoms with van der Waals surface area (Å²) in [6.07, 6.45) is 0.851. The van der Waals surface area contributed by atoms with Crippen LogP contribution < -0.4 is 0 Å². The number of halogens is 1. The highest BCUT2D eigenvalue weighted by Gasteiger charge is 2.25. The third kappa shape index (κ3) is 1.78. The standard InChI is InChI=1S/C6H11FO/c1-2-5(7)3-6-4-8-6/h5-6H,2-4H2,1H3. The second-order valence-electron chi connectivity index (χ2n) is 2.20. The highest BCUT2D eigenvalue weighted by Crippen LogP contribution is 2.18. The predicted molar refractivity (Wildman–Crippen MR) is 29.5 cm³/mol. The topological polar surface area (TPSA) is 12.5 Å². The lowest BCUT2D eigenvalue weighted by Gasteiger charge is -1.98. The van der Waals surface area contributed by atoms with Gasteiger partial charge in [0.2, 0.25) is 0 Å². The Morgan fingerprint density at radius 1 is 1.88 bits per heavy atom. The van der Waals surface area contributed by atoms with Crippen LogP contribution in [0.5, 0.6) is 0 Å². The van der Waals surface area contributed by atoms with Crippen molar-refractivity contribution >= 4 is 0 Å². The van der Waals surface area contributed by atoms with Gasteiger partial charge in [0, 0.05) is 6.42 Å². The Kier molecular flexibility index (Phi) is 1.84. The number of epoxide rings is 1. The Morgan fingerprint density at radius 3 is 2.88 bits per heavy atom. The van der Waals surface area contributed by atoms with Crippen LogP contribution in [0.2, 0.25) is 0 Å². The maximum Gasteiger partial charge on any atom is 0.102 e. The summed E-state index contributed by atoms with van der Waals surface area (Å²) in [6.45, 7) is 2.63. The van der Waals surface area contributed by atoms with Gasteiger partial charge in [-0.05, 0) is 6.42 Å². The molecule has 0 N–H and O–H groups in total. The molecule has 0 aromatic rings. The molecule has 1 rings (SSSR count). The summed E-state index contributed by atoms with van der Waals surface area (Å²) in [7, 11) is 0. The number of rotatable bonds is 3. The highest BCUT2D eigenvalue weighted by molar-refractivity contribution is 4.72. The second-order valence-corrected chi connectivity index (χ2v) is 2.20. The fraction of sp³-hybridized carbons (Fsp3) is 1.00. The normalized spacial score (nSPS) is 30.0. The van der Waals surface area contributed by atoms with E-state index in [-0.39, 0.29) is 6.10 Å². The van der Waals surface area contributed by atoms with E-state index >= 15 is 0 Å². The first kappa shape index (κ1) is 6.02. The van der Waals surface area contributed by atoms with Crippen LogP contribution in [-0.4, -0.2) is 18.9 Å². The van der Waals surface area contributed by atoms with E-state index < -0.39 is 6.17 Å². The van der Waals surface area contributed by atoms with Gasteiger partial charge in [0.15, 0.2) is 0 Å². The van der Waals surface area contributed by atoms with Crippen LogP contribution in [0.4, 0.5) is 4.39 Å². The first-order valence-electron chi connectivity index (χ1n) is 3.08. The van der Waals surface area contributed by atoms with Crippen molar-refractivity contribution < 1.29 is 9.13 Å². The Morgan fingerprint density at radius 2 is 2.50 bits per heavy atom. The van der Waals surface area contributed by atoms with Gasteiger partial charge >= 0.3 is 0 Å². The highest BCUT2D eigenvalue weighted by atomic mass is 19.1. The van der Waals surface area contributed by atoms with Crippen molar-refractivity contribution in [2.45, 2.75) is 32.0 Å². The third-order valence-electron chi connectivity index (χ3n) is 1.36. The Labute approximate surface area is 48.8 Å². The van der Waals surface area contributed by atoms with E-state index in [0.717, 1.165) is 6.61 Å². The average molecular weight is 118 g/mol. The second kappa shape index (κ2) is 2.44. The number of ether oxygens (including phenoxy) is 1. The van der Waals surface area contributed by atoms with Crippen molar-refractivity contribution in [1.82, 2.24) is 0 Å². The maximum absolute atomic E-state index is 12.3. The summed E-state index contributed by atoms with van der Waals surface area (Å²) in [5, 5.41) is 0. The number of alkyl halides is 1. The minimum Gasteiger partial charge on any atom is -0.373 e. The maximum atomic E-state index is 12.3. The van der Waals surface area contributed by atoms with Crippen molar-refractivity contribution in [1.29, 1.82) is 0 Å². The zero-order valence-electron chi connectivity index (χ0n) is 5.06. The lowest BCUT2D eigenvalue weighted by molar-refractivity contribution is 0.269. The summed E-state index contributed by atoms with van der Waals surface area (Å²) < 4.78 is 17.2. The fourth-order valence-corrected chi connectivity index (χ4v) is 0.656.